The number of hydrogen-bond donors (Lipinski definition) is 0. The first-order valence-corrected chi connectivity index (χ1v) is 9.08. The van der Waals surface area contributed by atoms with Gasteiger partial charge in [0.15, 0.2) is 0 Å². The summed E-state index contributed by atoms with van der Waals surface area (Å²) in [5.74, 6) is 0.163. The summed E-state index contributed by atoms with van der Waals surface area (Å²) in [6.07, 6.45) is 0.907. The quantitative estimate of drug-likeness (QED) is 0.781. The van der Waals surface area contributed by atoms with Gasteiger partial charge in [0.2, 0.25) is 10.0 Å². The standard InChI is InChI=1S/C16H21NO4S/c1-11-3-5-14(6-4-11)22(19,20)17-8-7-13-9-16(18)21-12(2)15(13)10-17/h3-6,12-13,15H,7-10H2,1-2H3/t12-,13+,15+/m0/s1. The summed E-state index contributed by atoms with van der Waals surface area (Å²) in [5, 5.41) is 0. The van der Waals surface area contributed by atoms with Crippen LogP contribution < -0.4 is 0 Å². The molecule has 6 heteroatoms. The molecule has 22 heavy (non-hydrogen) atoms. The first kappa shape index (κ1) is 15.5. The molecule has 5 nitrogen and oxygen atoms in total. The van der Waals surface area contributed by atoms with Crippen LogP contribution in [0.3, 0.4) is 0 Å². The molecule has 0 radical (unpaired) electrons. The Morgan fingerprint density at radius 1 is 1.23 bits per heavy atom. The van der Waals surface area contributed by atoms with Gasteiger partial charge in [-0.05, 0) is 38.3 Å². The fourth-order valence-corrected chi connectivity index (χ4v) is 4.91. The fraction of sp³-hybridized carbons (Fsp3) is 0.562. The van der Waals surface area contributed by atoms with Gasteiger partial charge in [0.1, 0.15) is 6.10 Å². The predicted molar refractivity (Wildman–Crippen MR) is 81.7 cm³/mol. The number of hydrogen-bond acceptors (Lipinski definition) is 4. The number of ether oxygens (including phenoxy) is 1. The Labute approximate surface area is 131 Å². The van der Waals surface area contributed by atoms with Crippen LogP contribution >= 0.6 is 0 Å². The number of cyclic esters (lactones) is 1. The highest BCUT2D eigenvalue weighted by molar-refractivity contribution is 7.89. The zero-order valence-electron chi connectivity index (χ0n) is 12.9. The largest absolute Gasteiger partial charge is 0.462 e. The second-order valence-electron chi connectivity index (χ2n) is 6.29. The predicted octanol–water partition coefficient (Wildman–Crippen LogP) is 1.96. The van der Waals surface area contributed by atoms with Crippen molar-refractivity contribution in [2.45, 2.75) is 37.7 Å². The Balaban J connectivity index is 1.81. The summed E-state index contributed by atoms with van der Waals surface area (Å²) in [6, 6.07) is 6.93. The minimum atomic E-state index is -3.47. The number of benzene rings is 1. The van der Waals surface area contributed by atoms with Crippen LogP contribution in [0.15, 0.2) is 29.2 Å². The zero-order chi connectivity index (χ0) is 15.9. The van der Waals surface area contributed by atoms with Crippen LogP contribution in [0.2, 0.25) is 0 Å². The van der Waals surface area contributed by atoms with E-state index in [0.29, 0.717) is 24.4 Å². The third-order valence-electron chi connectivity index (χ3n) is 4.78. The molecular formula is C16H21NO4S. The molecule has 2 aliphatic rings. The average molecular weight is 323 g/mol. The van der Waals surface area contributed by atoms with Gasteiger partial charge in [-0.2, -0.15) is 4.31 Å². The maximum atomic E-state index is 12.8. The Kier molecular flexibility index (Phi) is 3.99. The molecule has 0 unspecified atom stereocenters. The van der Waals surface area contributed by atoms with Crippen LogP contribution in [0.4, 0.5) is 0 Å². The third-order valence-corrected chi connectivity index (χ3v) is 6.66. The van der Waals surface area contributed by atoms with Crippen molar-refractivity contribution in [3.05, 3.63) is 29.8 Å². The van der Waals surface area contributed by atoms with Crippen LogP contribution in [-0.2, 0) is 19.6 Å². The van der Waals surface area contributed by atoms with Crippen LogP contribution in [0.5, 0.6) is 0 Å². The highest BCUT2D eigenvalue weighted by Gasteiger charge is 2.42. The van der Waals surface area contributed by atoms with E-state index >= 15 is 0 Å². The molecule has 0 amide bonds. The molecular weight excluding hydrogens is 302 g/mol. The van der Waals surface area contributed by atoms with E-state index in [1.54, 1.807) is 12.1 Å². The van der Waals surface area contributed by atoms with Gasteiger partial charge < -0.3 is 4.74 Å². The smallest absolute Gasteiger partial charge is 0.306 e. The van der Waals surface area contributed by atoms with Crippen molar-refractivity contribution in [1.29, 1.82) is 0 Å². The number of aryl methyl sites for hydroxylation is 1. The monoisotopic (exact) mass is 323 g/mol. The van der Waals surface area contributed by atoms with Gasteiger partial charge >= 0.3 is 5.97 Å². The van der Waals surface area contributed by atoms with Crippen LogP contribution in [0.1, 0.15) is 25.3 Å². The molecule has 0 bridgehead atoms. The number of sulfonamides is 1. The second-order valence-corrected chi connectivity index (χ2v) is 8.23. The normalized spacial score (nSPS) is 29.7. The first-order valence-electron chi connectivity index (χ1n) is 7.64. The topological polar surface area (TPSA) is 63.7 Å². The number of carbonyl (C=O) groups is 1. The van der Waals surface area contributed by atoms with Crippen molar-refractivity contribution in [2.24, 2.45) is 11.8 Å². The van der Waals surface area contributed by atoms with E-state index in [2.05, 4.69) is 0 Å². The minimum absolute atomic E-state index is 0.0895. The van der Waals surface area contributed by atoms with Gasteiger partial charge in [-0.3, -0.25) is 4.79 Å². The molecule has 1 aromatic rings. The molecule has 3 atom stereocenters. The number of piperidine rings is 1. The summed E-state index contributed by atoms with van der Waals surface area (Å²) >= 11 is 0. The molecule has 2 heterocycles. The van der Waals surface area contributed by atoms with Crippen LogP contribution in [0, 0.1) is 18.8 Å². The van der Waals surface area contributed by atoms with Crippen molar-refractivity contribution in [2.75, 3.05) is 13.1 Å². The van der Waals surface area contributed by atoms with Crippen molar-refractivity contribution in [3.63, 3.8) is 0 Å². The molecule has 0 spiro atoms. The number of esters is 1. The van der Waals surface area contributed by atoms with Crippen LogP contribution in [-0.4, -0.2) is 37.9 Å². The lowest BCUT2D eigenvalue weighted by molar-refractivity contribution is -0.163. The van der Waals surface area contributed by atoms with E-state index in [1.807, 2.05) is 26.0 Å². The highest BCUT2D eigenvalue weighted by atomic mass is 32.2. The average Bonchev–Trinajstić information content (AvgIpc) is 2.47. The molecule has 0 saturated carbocycles. The second kappa shape index (κ2) is 5.66. The summed E-state index contributed by atoms with van der Waals surface area (Å²) in [4.78, 5) is 11.8. The summed E-state index contributed by atoms with van der Waals surface area (Å²) in [7, 11) is -3.47. The molecule has 120 valence electrons. The van der Waals surface area contributed by atoms with Gasteiger partial charge in [0.05, 0.1) is 4.90 Å². The summed E-state index contributed by atoms with van der Waals surface area (Å²) < 4.78 is 32.3. The lowest BCUT2D eigenvalue weighted by atomic mass is 9.79. The van der Waals surface area contributed by atoms with Gasteiger partial charge in [0.25, 0.3) is 0 Å². The Hall–Kier alpha value is -1.40. The van der Waals surface area contributed by atoms with E-state index in [1.165, 1.54) is 4.31 Å². The van der Waals surface area contributed by atoms with E-state index in [4.69, 9.17) is 4.74 Å². The number of rotatable bonds is 2. The summed E-state index contributed by atoms with van der Waals surface area (Å²) in [5.41, 5.74) is 1.03. The number of nitrogens with zero attached hydrogens (tertiary/aromatic N) is 1. The van der Waals surface area contributed by atoms with Crippen molar-refractivity contribution in [3.8, 4) is 0 Å². The van der Waals surface area contributed by atoms with Crippen LogP contribution in [0.25, 0.3) is 0 Å². The Bertz CT molecular complexity index is 668. The first-order chi connectivity index (χ1) is 10.4. The minimum Gasteiger partial charge on any atom is -0.462 e. The number of carbonyl (C=O) groups excluding carboxylic acids is 1. The molecule has 2 fully saturated rings. The van der Waals surface area contributed by atoms with Gasteiger partial charge in [-0.25, -0.2) is 8.42 Å². The lowest BCUT2D eigenvalue weighted by Crippen LogP contribution is -2.50. The molecule has 0 aliphatic carbocycles. The van der Waals surface area contributed by atoms with E-state index < -0.39 is 10.0 Å². The van der Waals surface area contributed by atoms with E-state index in [0.717, 1.165) is 12.0 Å². The fourth-order valence-electron chi connectivity index (χ4n) is 3.42. The maximum absolute atomic E-state index is 12.8. The van der Waals surface area contributed by atoms with Gasteiger partial charge in [0, 0.05) is 25.4 Å². The van der Waals surface area contributed by atoms with Crippen molar-refractivity contribution in [1.82, 2.24) is 4.31 Å². The molecule has 0 N–H and O–H groups in total. The van der Waals surface area contributed by atoms with E-state index in [9.17, 15) is 13.2 Å². The zero-order valence-corrected chi connectivity index (χ0v) is 13.7. The lowest BCUT2D eigenvalue weighted by Gasteiger charge is -2.42. The molecule has 1 aromatic carbocycles. The summed E-state index contributed by atoms with van der Waals surface area (Å²) in [6.45, 7) is 4.68. The Morgan fingerprint density at radius 3 is 2.59 bits per heavy atom. The van der Waals surface area contributed by atoms with Gasteiger partial charge in [-0.1, -0.05) is 17.7 Å². The molecule has 2 aliphatic heterocycles. The highest BCUT2D eigenvalue weighted by Crippen LogP contribution is 2.36. The number of fused-ring (bicyclic) bond motifs is 1. The Morgan fingerprint density at radius 2 is 1.91 bits per heavy atom. The van der Waals surface area contributed by atoms with E-state index in [-0.39, 0.29) is 23.9 Å². The third kappa shape index (κ3) is 2.77. The van der Waals surface area contributed by atoms with Gasteiger partial charge in [-0.15, -0.1) is 0 Å². The SMILES string of the molecule is Cc1ccc(S(=O)(=O)N2CC[C@@H]3CC(=O)O[C@@H](C)[C@H]3C2)cc1. The van der Waals surface area contributed by atoms with Crippen molar-refractivity contribution < 1.29 is 17.9 Å². The van der Waals surface area contributed by atoms with Crippen molar-refractivity contribution >= 4 is 16.0 Å². The molecule has 3 rings (SSSR count). The maximum Gasteiger partial charge on any atom is 0.306 e. The molecule has 2 saturated heterocycles. The molecule has 0 aromatic heterocycles.